The molecule has 0 spiro atoms. The first kappa shape index (κ1) is 26.1. The van der Waals surface area contributed by atoms with Crippen LogP contribution in [0.3, 0.4) is 0 Å². The Morgan fingerprint density at radius 3 is 2.22 bits per heavy atom. The van der Waals surface area contributed by atoms with Gasteiger partial charge in [-0.05, 0) is 43.6 Å². The molecule has 1 fully saturated rings. The molecule has 2 aromatic rings. The van der Waals surface area contributed by atoms with Crippen molar-refractivity contribution in [3.05, 3.63) is 53.6 Å². The van der Waals surface area contributed by atoms with Crippen LogP contribution in [0, 0.1) is 0 Å². The van der Waals surface area contributed by atoms with E-state index in [0.717, 1.165) is 31.2 Å². The van der Waals surface area contributed by atoms with Gasteiger partial charge in [0.1, 0.15) is 0 Å². The van der Waals surface area contributed by atoms with Gasteiger partial charge in [-0.1, -0.05) is 30.3 Å². The lowest BCUT2D eigenvalue weighted by Gasteiger charge is -2.29. The number of aliphatic imine (C=N–C) groups is 1. The summed E-state index contributed by atoms with van der Waals surface area (Å²) < 4.78 is 16.4. The van der Waals surface area contributed by atoms with Crippen LogP contribution in [0.4, 0.5) is 0 Å². The largest absolute Gasteiger partial charge is 0.493 e. The third-order valence-corrected chi connectivity index (χ3v) is 5.68. The molecule has 3 rings (SSSR count). The Kier molecular flexibility index (Phi) is 10.9. The molecule has 0 aliphatic carbocycles. The SMILES string of the molecule is CN=C(NCc1ccc(OC)c(OC)c1OC)NCC(c1ccccc1)N1CCCC1.I. The fourth-order valence-corrected chi connectivity index (χ4v) is 4.08. The molecule has 0 radical (unpaired) electrons. The van der Waals surface area contributed by atoms with E-state index in [-0.39, 0.29) is 24.0 Å². The Labute approximate surface area is 208 Å². The molecule has 1 unspecified atom stereocenters. The van der Waals surface area contributed by atoms with E-state index < -0.39 is 0 Å². The van der Waals surface area contributed by atoms with Gasteiger partial charge in [0.2, 0.25) is 5.75 Å². The van der Waals surface area contributed by atoms with Crippen molar-refractivity contribution in [3.63, 3.8) is 0 Å². The molecule has 1 atom stereocenters. The maximum absolute atomic E-state index is 5.59. The first-order chi connectivity index (χ1) is 15.2. The fraction of sp³-hybridized carbons (Fsp3) is 0.458. The zero-order chi connectivity index (χ0) is 22.1. The Bertz CT molecular complexity index is 858. The topological polar surface area (TPSA) is 67.4 Å². The average Bonchev–Trinajstić information content (AvgIpc) is 3.35. The second-order valence-corrected chi connectivity index (χ2v) is 7.47. The molecule has 8 heteroatoms. The predicted octanol–water partition coefficient (Wildman–Crippen LogP) is 3.83. The minimum Gasteiger partial charge on any atom is -0.493 e. The van der Waals surface area contributed by atoms with Gasteiger partial charge in [-0.3, -0.25) is 9.89 Å². The molecular formula is C24H35IN4O3. The molecule has 0 amide bonds. The zero-order valence-electron chi connectivity index (χ0n) is 19.4. The van der Waals surface area contributed by atoms with Crippen molar-refractivity contribution in [2.75, 3.05) is 48.0 Å². The lowest BCUT2D eigenvalue weighted by molar-refractivity contribution is 0.245. The molecule has 1 saturated heterocycles. The Balaban J connectivity index is 0.00000363. The molecule has 1 heterocycles. The van der Waals surface area contributed by atoms with Gasteiger partial charge in [0, 0.05) is 25.7 Å². The zero-order valence-corrected chi connectivity index (χ0v) is 21.7. The van der Waals surface area contributed by atoms with E-state index >= 15 is 0 Å². The smallest absolute Gasteiger partial charge is 0.203 e. The third-order valence-electron chi connectivity index (χ3n) is 5.68. The molecule has 32 heavy (non-hydrogen) atoms. The van der Waals surface area contributed by atoms with Gasteiger partial charge in [0.15, 0.2) is 17.5 Å². The van der Waals surface area contributed by atoms with Crippen LogP contribution in [0.15, 0.2) is 47.5 Å². The fourth-order valence-electron chi connectivity index (χ4n) is 4.08. The number of benzene rings is 2. The van der Waals surface area contributed by atoms with Gasteiger partial charge in [-0.2, -0.15) is 0 Å². The lowest BCUT2D eigenvalue weighted by Crippen LogP contribution is -2.42. The quantitative estimate of drug-likeness (QED) is 0.279. The maximum Gasteiger partial charge on any atom is 0.203 e. The van der Waals surface area contributed by atoms with Crippen LogP contribution in [-0.2, 0) is 6.54 Å². The number of hydrogen-bond acceptors (Lipinski definition) is 5. The monoisotopic (exact) mass is 554 g/mol. The van der Waals surface area contributed by atoms with Crippen molar-refractivity contribution in [2.45, 2.75) is 25.4 Å². The molecule has 1 aliphatic rings. The molecule has 0 bridgehead atoms. The minimum absolute atomic E-state index is 0. The first-order valence-corrected chi connectivity index (χ1v) is 10.7. The molecule has 0 saturated carbocycles. The van der Waals surface area contributed by atoms with Crippen LogP contribution in [0.5, 0.6) is 17.2 Å². The Morgan fingerprint density at radius 2 is 1.62 bits per heavy atom. The normalized spacial score (nSPS) is 14.9. The van der Waals surface area contributed by atoms with Crippen LogP contribution in [0.2, 0.25) is 0 Å². The van der Waals surface area contributed by atoms with E-state index in [1.54, 1.807) is 28.4 Å². The van der Waals surface area contributed by atoms with Crippen LogP contribution in [0.25, 0.3) is 0 Å². The van der Waals surface area contributed by atoms with Crippen molar-refractivity contribution in [1.82, 2.24) is 15.5 Å². The minimum atomic E-state index is 0. The molecule has 0 aromatic heterocycles. The highest BCUT2D eigenvalue weighted by atomic mass is 127. The van der Waals surface area contributed by atoms with E-state index in [1.165, 1.54) is 18.4 Å². The van der Waals surface area contributed by atoms with Crippen LogP contribution < -0.4 is 24.8 Å². The highest BCUT2D eigenvalue weighted by Gasteiger charge is 2.23. The summed E-state index contributed by atoms with van der Waals surface area (Å²) in [6, 6.07) is 14.9. The van der Waals surface area contributed by atoms with E-state index in [0.29, 0.717) is 29.8 Å². The Hall–Kier alpha value is -2.20. The lowest BCUT2D eigenvalue weighted by atomic mass is 10.1. The molecular weight excluding hydrogens is 519 g/mol. The summed E-state index contributed by atoms with van der Waals surface area (Å²) in [5.74, 6) is 2.63. The van der Waals surface area contributed by atoms with Gasteiger partial charge in [-0.25, -0.2) is 0 Å². The summed E-state index contributed by atoms with van der Waals surface area (Å²) >= 11 is 0. The summed E-state index contributed by atoms with van der Waals surface area (Å²) in [4.78, 5) is 6.95. The number of likely N-dealkylation sites (tertiary alicyclic amines) is 1. The van der Waals surface area contributed by atoms with Crippen molar-refractivity contribution < 1.29 is 14.2 Å². The third kappa shape index (κ3) is 6.41. The van der Waals surface area contributed by atoms with E-state index in [2.05, 4.69) is 50.9 Å². The van der Waals surface area contributed by atoms with E-state index in [4.69, 9.17) is 14.2 Å². The standard InChI is InChI=1S/C24H34N4O3.HI/c1-25-24(26-16-19-12-13-21(29-2)23(31-4)22(19)30-3)27-17-20(28-14-8-9-15-28)18-10-6-5-7-11-18;/h5-7,10-13,20H,8-9,14-17H2,1-4H3,(H2,25,26,27);1H. The van der Waals surface area contributed by atoms with Gasteiger partial charge in [0.25, 0.3) is 0 Å². The summed E-state index contributed by atoms with van der Waals surface area (Å²) in [6.45, 7) is 3.60. The highest BCUT2D eigenvalue weighted by molar-refractivity contribution is 14.0. The second kappa shape index (κ2) is 13.4. The maximum atomic E-state index is 5.59. The van der Waals surface area contributed by atoms with Crippen molar-refractivity contribution >= 4 is 29.9 Å². The second-order valence-electron chi connectivity index (χ2n) is 7.47. The first-order valence-electron chi connectivity index (χ1n) is 10.7. The number of hydrogen-bond donors (Lipinski definition) is 2. The van der Waals surface area contributed by atoms with Gasteiger partial charge in [0.05, 0.1) is 27.4 Å². The van der Waals surface area contributed by atoms with Crippen LogP contribution in [0.1, 0.15) is 30.0 Å². The molecule has 7 nitrogen and oxygen atoms in total. The number of ether oxygens (including phenoxy) is 3. The van der Waals surface area contributed by atoms with Gasteiger partial charge < -0.3 is 24.8 Å². The summed E-state index contributed by atoms with van der Waals surface area (Å²) in [6.07, 6.45) is 2.52. The average molecular weight is 554 g/mol. The number of nitrogens with one attached hydrogen (secondary N) is 2. The van der Waals surface area contributed by atoms with Crippen molar-refractivity contribution in [3.8, 4) is 17.2 Å². The Morgan fingerprint density at radius 1 is 0.938 bits per heavy atom. The van der Waals surface area contributed by atoms with E-state index in [1.807, 2.05) is 12.1 Å². The summed E-state index contributed by atoms with van der Waals surface area (Å²) in [5, 5.41) is 6.89. The number of rotatable bonds is 9. The predicted molar refractivity (Wildman–Crippen MR) is 140 cm³/mol. The van der Waals surface area contributed by atoms with Crippen molar-refractivity contribution in [1.29, 1.82) is 0 Å². The summed E-state index contributed by atoms with van der Waals surface area (Å²) in [7, 11) is 6.65. The van der Waals surface area contributed by atoms with Gasteiger partial charge in [-0.15, -0.1) is 24.0 Å². The summed E-state index contributed by atoms with van der Waals surface area (Å²) in [5.41, 5.74) is 2.29. The number of halogens is 1. The highest BCUT2D eigenvalue weighted by Crippen LogP contribution is 2.39. The molecule has 176 valence electrons. The van der Waals surface area contributed by atoms with Crippen LogP contribution >= 0.6 is 24.0 Å². The van der Waals surface area contributed by atoms with E-state index in [9.17, 15) is 0 Å². The van der Waals surface area contributed by atoms with Gasteiger partial charge >= 0.3 is 0 Å². The molecule has 2 N–H and O–H groups in total. The molecule has 1 aliphatic heterocycles. The van der Waals surface area contributed by atoms with Crippen LogP contribution in [-0.4, -0.2) is 58.9 Å². The number of nitrogens with zero attached hydrogens (tertiary/aromatic N) is 2. The molecule has 2 aromatic carbocycles. The number of guanidine groups is 1. The number of methoxy groups -OCH3 is 3. The van der Waals surface area contributed by atoms with Crippen molar-refractivity contribution in [2.24, 2.45) is 4.99 Å².